The van der Waals surface area contributed by atoms with Crippen LogP contribution in [0.2, 0.25) is 0 Å². The van der Waals surface area contributed by atoms with Crippen molar-refractivity contribution >= 4 is 0 Å². The van der Waals surface area contributed by atoms with Crippen LogP contribution in [-0.4, -0.2) is 0 Å². The number of nitrogens with zero attached hydrogens (tertiary/aromatic N) is 1. The zero-order valence-corrected chi connectivity index (χ0v) is 14.0. The molecule has 0 saturated heterocycles. The summed E-state index contributed by atoms with van der Waals surface area (Å²) in [6.07, 6.45) is 2.19. The molecule has 0 fully saturated rings. The van der Waals surface area contributed by atoms with E-state index in [0.29, 0.717) is 0 Å². The minimum Gasteiger partial charge on any atom is -0.192 e. The average Bonchev–Trinajstić information content (AvgIpc) is 2.49. The van der Waals surface area contributed by atoms with Crippen molar-refractivity contribution in [1.29, 1.82) is 5.26 Å². The van der Waals surface area contributed by atoms with Gasteiger partial charge in [-0.3, -0.25) is 0 Å². The number of hydrogen-bond donors (Lipinski definition) is 0. The zero-order valence-electron chi connectivity index (χ0n) is 14.0. The van der Waals surface area contributed by atoms with Crippen LogP contribution >= 0.6 is 0 Å². The van der Waals surface area contributed by atoms with Crippen LogP contribution < -0.4 is 0 Å². The molecule has 1 heteroatoms. The predicted octanol–water partition coefficient (Wildman–Crippen LogP) is 5.84. The van der Waals surface area contributed by atoms with E-state index in [-0.39, 0.29) is 0 Å². The Balaban J connectivity index is 0.000000342. The molecule has 2 aromatic rings. The van der Waals surface area contributed by atoms with Crippen molar-refractivity contribution < 1.29 is 0 Å². The highest BCUT2D eigenvalue weighted by atomic mass is 14.2. The van der Waals surface area contributed by atoms with Gasteiger partial charge in [-0.25, -0.2) is 0 Å². The van der Waals surface area contributed by atoms with Gasteiger partial charge in [0.2, 0.25) is 0 Å². The fraction of sp³-hybridized carbons (Fsp3) is 0.350. The standard InChI is InChI=1S/C10H11N.C7H8.C3H8/c1-3-10-8(2)5-4-6-9(10)7-11;1-7-5-3-2-4-6-7;1-3-2/h4-6H,3H2,1-2H3;2-6H,1H3;3H2,1-2H3. The van der Waals surface area contributed by atoms with E-state index in [9.17, 15) is 0 Å². The van der Waals surface area contributed by atoms with E-state index in [1.165, 1.54) is 23.1 Å². The molecule has 0 atom stereocenters. The smallest absolute Gasteiger partial charge is 0.0994 e. The first-order chi connectivity index (χ1) is 10.1. The van der Waals surface area contributed by atoms with E-state index in [0.717, 1.165) is 12.0 Å². The second-order valence-corrected chi connectivity index (χ2v) is 4.93. The SMILES string of the molecule is CCC.CCc1c(C)cccc1C#N.Cc1ccccc1. The van der Waals surface area contributed by atoms with Crippen LogP contribution in [0.15, 0.2) is 48.5 Å². The van der Waals surface area contributed by atoms with Crippen LogP contribution in [0.4, 0.5) is 0 Å². The first kappa shape index (κ1) is 18.9. The van der Waals surface area contributed by atoms with Crippen LogP contribution in [-0.2, 0) is 6.42 Å². The molecule has 21 heavy (non-hydrogen) atoms. The Morgan fingerprint density at radius 2 is 1.43 bits per heavy atom. The molecule has 0 unspecified atom stereocenters. The van der Waals surface area contributed by atoms with Gasteiger partial charge in [-0.2, -0.15) is 5.26 Å². The second-order valence-electron chi connectivity index (χ2n) is 4.93. The summed E-state index contributed by atoms with van der Waals surface area (Å²) in [7, 11) is 0. The fourth-order valence-electron chi connectivity index (χ4n) is 1.81. The van der Waals surface area contributed by atoms with Gasteiger partial charge in [0.05, 0.1) is 11.6 Å². The summed E-state index contributed by atoms with van der Waals surface area (Å²) in [5.41, 5.74) is 4.52. The number of nitriles is 1. The van der Waals surface area contributed by atoms with Gasteiger partial charge in [0.25, 0.3) is 0 Å². The Kier molecular flexibility index (Phi) is 10.6. The molecule has 0 amide bonds. The minimum atomic E-state index is 0.813. The molecule has 0 aliphatic rings. The summed E-state index contributed by atoms with van der Waals surface area (Å²) in [6.45, 7) is 10.4. The summed E-state index contributed by atoms with van der Waals surface area (Å²) in [6, 6.07) is 18.3. The quantitative estimate of drug-likeness (QED) is 0.644. The summed E-state index contributed by atoms with van der Waals surface area (Å²) in [5.74, 6) is 0. The highest BCUT2D eigenvalue weighted by molar-refractivity contribution is 5.42. The molecular weight excluding hydrogens is 254 g/mol. The number of hydrogen-bond acceptors (Lipinski definition) is 1. The lowest BCUT2D eigenvalue weighted by atomic mass is 10.0. The van der Waals surface area contributed by atoms with Crippen LogP contribution in [0.25, 0.3) is 0 Å². The molecule has 0 spiro atoms. The molecule has 0 bridgehead atoms. The molecule has 1 nitrogen and oxygen atoms in total. The molecule has 0 N–H and O–H groups in total. The van der Waals surface area contributed by atoms with Gasteiger partial charge < -0.3 is 0 Å². The maximum absolute atomic E-state index is 8.72. The molecule has 0 aromatic heterocycles. The van der Waals surface area contributed by atoms with Gasteiger partial charge >= 0.3 is 0 Å². The van der Waals surface area contributed by atoms with Crippen molar-refractivity contribution in [3.8, 4) is 6.07 Å². The van der Waals surface area contributed by atoms with Crippen LogP contribution in [0.1, 0.15) is 49.4 Å². The van der Waals surface area contributed by atoms with Crippen LogP contribution in [0, 0.1) is 25.2 Å². The van der Waals surface area contributed by atoms with Gasteiger partial charge in [-0.15, -0.1) is 0 Å². The predicted molar refractivity (Wildman–Crippen MR) is 92.4 cm³/mol. The van der Waals surface area contributed by atoms with Gasteiger partial charge in [0.1, 0.15) is 0 Å². The van der Waals surface area contributed by atoms with Crippen molar-refractivity contribution in [3.63, 3.8) is 0 Å². The summed E-state index contributed by atoms with van der Waals surface area (Å²) in [4.78, 5) is 0. The Morgan fingerprint density at radius 3 is 1.76 bits per heavy atom. The number of aryl methyl sites for hydroxylation is 2. The Labute approximate surface area is 130 Å². The van der Waals surface area contributed by atoms with Crippen molar-refractivity contribution in [2.24, 2.45) is 0 Å². The molecule has 0 radical (unpaired) electrons. The maximum atomic E-state index is 8.72. The largest absolute Gasteiger partial charge is 0.192 e. The Bertz CT molecular complexity index is 536. The topological polar surface area (TPSA) is 23.8 Å². The van der Waals surface area contributed by atoms with Gasteiger partial charge in [0.15, 0.2) is 0 Å². The average molecular weight is 281 g/mol. The third-order valence-corrected chi connectivity index (χ3v) is 2.82. The van der Waals surface area contributed by atoms with Gasteiger partial charge in [-0.1, -0.05) is 75.2 Å². The van der Waals surface area contributed by atoms with Crippen molar-refractivity contribution in [2.45, 2.75) is 47.5 Å². The van der Waals surface area contributed by atoms with E-state index in [1.807, 2.05) is 43.3 Å². The highest BCUT2D eigenvalue weighted by Gasteiger charge is 2.00. The normalized spacial score (nSPS) is 8.57. The van der Waals surface area contributed by atoms with Crippen LogP contribution in [0.3, 0.4) is 0 Å². The molecule has 2 aromatic carbocycles. The lowest BCUT2D eigenvalue weighted by Crippen LogP contribution is -1.90. The van der Waals surface area contributed by atoms with E-state index >= 15 is 0 Å². The summed E-state index contributed by atoms with van der Waals surface area (Å²) >= 11 is 0. The van der Waals surface area contributed by atoms with Crippen molar-refractivity contribution in [1.82, 2.24) is 0 Å². The highest BCUT2D eigenvalue weighted by Crippen LogP contribution is 2.13. The minimum absolute atomic E-state index is 0.813. The van der Waals surface area contributed by atoms with E-state index in [1.54, 1.807) is 0 Å². The van der Waals surface area contributed by atoms with Gasteiger partial charge in [-0.05, 0) is 37.5 Å². The lowest BCUT2D eigenvalue weighted by Gasteiger charge is -2.02. The third kappa shape index (κ3) is 7.95. The van der Waals surface area contributed by atoms with E-state index < -0.39 is 0 Å². The molecule has 0 aliphatic carbocycles. The molecule has 0 aliphatic heterocycles. The fourth-order valence-corrected chi connectivity index (χ4v) is 1.81. The zero-order chi connectivity index (χ0) is 16.1. The summed E-state index contributed by atoms with van der Waals surface area (Å²) < 4.78 is 0. The monoisotopic (exact) mass is 281 g/mol. The van der Waals surface area contributed by atoms with E-state index in [4.69, 9.17) is 5.26 Å². The second kappa shape index (κ2) is 11.7. The van der Waals surface area contributed by atoms with Crippen molar-refractivity contribution in [2.75, 3.05) is 0 Å². The number of rotatable bonds is 1. The molecule has 0 saturated carbocycles. The Morgan fingerprint density at radius 1 is 0.857 bits per heavy atom. The first-order valence-corrected chi connectivity index (χ1v) is 7.60. The maximum Gasteiger partial charge on any atom is 0.0994 e. The first-order valence-electron chi connectivity index (χ1n) is 7.60. The number of benzene rings is 2. The lowest BCUT2D eigenvalue weighted by molar-refractivity contribution is 1.09. The van der Waals surface area contributed by atoms with E-state index in [2.05, 4.69) is 45.9 Å². The molecule has 2 rings (SSSR count). The van der Waals surface area contributed by atoms with Crippen molar-refractivity contribution in [3.05, 3.63) is 70.8 Å². The molecular formula is C20H27N. The Hall–Kier alpha value is -2.07. The third-order valence-electron chi connectivity index (χ3n) is 2.82. The molecule has 0 heterocycles. The van der Waals surface area contributed by atoms with Crippen LogP contribution in [0.5, 0.6) is 0 Å². The summed E-state index contributed by atoms with van der Waals surface area (Å²) in [5, 5.41) is 8.72. The van der Waals surface area contributed by atoms with Gasteiger partial charge in [0, 0.05) is 0 Å². The molecule has 112 valence electrons.